The largest absolute Gasteiger partial charge is 0.307 e. The molecule has 0 radical (unpaired) electrons. The van der Waals surface area contributed by atoms with Gasteiger partial charge in [0.05, 0.1) is 6.54 Å². The van der Waals surface area contributed by atoms with Crippen LogP contribution in [0.4, 0.5) is 0 Å². The quantitative estimate of drug-likeness (QED) is 0.826. The molecule has 1 fully saturated rings. The fraction of sp³-hybridized carbons (Fsp3) is 0.833. The fourth-order valence-corrected chi connectivity index (χ4v) is 2.32. The van der Waals surface area contributed by atoms with Gasteiger partial charge < -0.3 is 5.32 Å². The standard InChI is InChI=1S/C12H22N4/c1-3-6-11-14-12(16(2)15-11)9-13-10-7-4-5-8-10/h10,13H,3-9H2,1-2H3. The minimum absolute atomic E-state index is 0.700. The summed E-state index contributed by atoms with van der Waals surface area (Å²) in [5, 5.41) is 7.98. The van der Waals surface area contributed by atoms with Crippen molar-refractivity contribution in [2.75, 3.05) is 0 Å². The van der Waals surface area contributed by atoms with Crippen LogP contribution in [0.15, 0.2) is 0 Å². The molecule has 0 atom stereocenters. The lowest BCUT2D eigenvalue weighted by Gasteiger charge is -2.10. The van der Waals surface area contributed by atoms with Crippen LogP contribution in [0.1, 0.15) is 50.7 Å². The average molecular weight is 222 g/mol. The molecule has 4 heteroatoms. The summed E-state index contributed by atoms with van der Waals surface area (Å²) in [6.45, 7) is 3.02. The number of rotatable bonds is 5. The smallest absolute Gasteiger partial charge is 0.150 e. The lowest BCUT2D eigenvalue weighted by atomic mass is 10.2. The van der Waals surface area contributed by atoms with Crippen molar-refractivity contribution in [1.82, 2.24) is 20.1 Å². The predicted octanol–water partition coefficient (Wildman–Crippen LogP) is 1.80. The van der Waals surface area contributed by atoms with E-state index in [1.54, 1.807) is 0 Å². The van der Waals surface area contributed by atoms with Crippen LogP contribution in [0, 0.1) is 0 Å². The van der Waals surface area contributed by atoms with Crippen molar-refractivity contribution in [2.45, 2.75) is 58.0 Å². The summed E-state index contributed by atoms with van der Waals surface area (Å²) < 4.78 is 1.91. The molecule has 16 heavy (non-hydrogen) atoms. The van der Waals surface area contributed by atoms with Crippen LogP contribution in [0.5, 0.6) is 0 Å². The van der Waals surface area contributed by atoms with E-state index in [0.29, 0.717) is 6.04 Å². The molecule has 1 N–H and O–H groups in total. The molecule has 0 amide bonds. The Kier molecular flexibility index (Phi) is 3.93. The van der Waals surface area contributed by atoms with Crippen LogP contribution in [0.2, 0.25) is 0 Å². The molecule has 0 bridgehead atoms. The van der Waals surface area contributed by atoms with Gasteiger partial charge in [0.2, 0.25) is 0 Å². The maximum absolute atomic E-state index is 4.55. The maximum Gasteiger partial charge on any atom is 0.150 e. The summed E-state index contributed by atoms with van der Waals surface area (Å²) in [5.41, 5.74) is 0. The number of nitrogens with one attached hydrogen (secondary N) is 1. The number of nitrogens with zero attached hydrogens (tertiary/aromatic N) is 3. The van der Waals surface area contributed by atoms with E-state index >= 15 is 0 Å². The van der Waals surface area contributed by atoms with Gasteiger partial charge in [-0.15, -0.1) is 0 Å². The second kappa shape index (κ2) is 5.43. The van der Waals surface area contributed by atoms with Crippen LogP contribution in [0.25, 0.3) is 0 Å². The minimum Gasteiger partial charge on any atom is -0.307 e. The van der Waals surface area contributed by atoms with Crippen molar-refractivity contribution in [3.8, 4) is 0 Å². The Bertz CT molecular complexity index is 326. The van der Waals surface area contributed by atoms with Gasteiger partial charge in [-0.2, -0.15) is 5.10 Å². The van der Waals surface area contributed by atoms with Crippen molar-refractivity contribution in [3.63, 3.8) is 0 Å². The second-order valence-corrected chi connectivity index (χ2v) is 4.68. The summed E-state index contributed by atoms with van der Waals surface area (Å²) in [6.07, 6.45) is 7.48. The molecule has 2 rings (SSSR count). The van der Waals surface area contributed by atoms with E-state index in [-0.39, 0.29) is 0 Å². The van der Waals surface area contributed by atoms with Gasteiger partial charge in [0.25, 0.3) is 0 Å². The molecular formula is C12H22N4. The highest BCUT2D eigenvalue weighted by molar-refractivity contribution is 4.93. The van der Waals surface area contributed by atoms with Gasteiger partial charge in [0.1, 0.15) is 5.82 Å². The summed E-state index contributed by atoms with van der Waals surface area (Å²) in [5.74, 6) is 2.04. The van der Waals surface area contributed by atoms with Gasteiger partial charge in [0, 0.05) is 19.5 Å². The first-order valence-electron chi connectivity index (χ1n) is 6.41. The molecule has 1 aliphatic rings. The molecule has 90 valence electrons. The Balaban J connectivity index is 1.87. The Morgan fingerprint density at radius 1 is 1.38 bits per heavy atom. The zero-order valence-corrected chi connectivity index (χ0v) is 10.4. The summed E-state index contributed by atoms with van der Waals surface area (Å²) in [7, 11) is 1.98. The third kappa shape index (κ3) is 2.82. The highest BCUT2D eigenvalue weighted by Crippen LogP contribution is 2.17. The first kappa shape index (κ1) is 11.6. The fourth-order valence-electron chi connectivity index (χ4n) is 2.32. The number of hydrogen-bond acceptors (Lipinski definition) is 3. The Morgan fingerprint density at radius 2 is 2.12 bits per heavy atom. The molecule has 1 aromatic heterocycles. The van der Waals surface area contributed by atoms with Crippen molar-refractivity contribution in [2.24, 2.45) is 7.05 Å². The van der Waals surface area contributed by atoms with Crippen LogP contribution < -0.4 is 5.32 Å². The van der Waals surface area contributed by atoms with Gasteiger partial charge in [-0.1, -0.05) is 19.8 Å². The highest BCUT2D eigenvalue weighted by Gasteiger charge is 2.15. The summed E-state index contributed by atoms with van der Waals surface area (Å²) >= 11 is 0. The van der Waals surface area contributed by atoms with E-state index in [4.69, 9.17) is 0 Å². The van der Waals surface area contributed by atoms with Crippen LogP contribution in [0.3, 0.4) is 0 Å². The molecular weight excluding hydrogens is 200 g/mol. The van der Waals surface area contributed by atoms with E-state index in [9.17, 15) is 0 Å². The molecule has 0 aromatic carbocycles. The number of hydrogen-bond donors (Lipinski definition) is 1. The Labute approximate surface area is 97.5 Å². The SMILES string of the molecule is CCCc1nc(CNC2CCCC2)n(C)n1. The molecule has 1 aromatic rings. The zero-order valence-electron chi connectivity index (χ0n) is 10.4. The van der Waals surface area contributed by atoms with Gasteiger partial charge in [-0.05, 0) is 19.3 Å². The molecule has 0 spiro atoms. The van der Waals surface area contributed by atoms with Gasteiger partial charge in [-0.25, -0.2) is 4.98 Å². The van der Waals surface area contributed by atoms with E-state index < -0.39 is 0 Å². The Hall–Kier alpha value is -0.900. The third-order valence-corrected chi connectivity index (χ3v) is 3.27. The highest BCUT2D eigenvalue weighted by atomic mass is 15.3. The molecule has 1 aliphatic carbocycles. The Morgan fingerprint density at radius 3 is 2.81 bits per heavy atom. The predicted molar refractivity (Wildman–Crippen MR) is 64.1 cm³/mol. The maximum atomic E-state index is 4.55. The zero-order chi connectivity index (χ0) is 11.4. The van der Waals surface area contributed by atoms with Gasteiger partial charge in [-0.3, -0.25) is 4.68 Å². The van der Waals surface area contributed by atoms with Crippen molar-refractivity contribution >= 4 is 0 Å². The summed E-state index contributed by atoms with van der Waals surface area (Å²) in [6, 6.07) is 0.700. The third-order valence-electron chi connectivity index (χ3n) is 3.27. The van der Waals surface area contributed by atoms with E-state index in [1.165, 1.54) is 25.7 Å². The normalized spacial score (nSPS) is 17.1. The number of aromatic nitrogens is 3. The molecule has 0 aliphatic heterocycles. The van der Waals surface area contributed by atoms with E-state index in [0.717, 1.165) is 31.0 Å². The first-order chi connectivity index (χ1) is 7.79. The van der Waals surface area contributed by atoms with E-state index in [1.807, 2.05) is 11.7 Å². The number of aryl methyl sites for hydroxylation is 2. The molecule has 0 unspecified atom stereocenters. The lowest BCUT2D eigenvalue weighted by molar-refractivity contribution is 0.502. The molecule has 1 saturated carbocycles. The molecule has 1 heterocycles. The molecule has 0 saturated heterocycles. The van der Waals surface area contributed by atoms with Gasteiger partial charge >= 0.3 is 0 Å². The minimum atomic E-state index is 0.700. The van der Waals surface area contributed by atoms with Crippen molar-refractivity contribution < 1.29 is 0 Å². The van der Waals surface area contributed by atoms with Gasteiger partial charge in [0.15, 0.2) is 5.82 Å². The van der Waals surface area contributed by atoms with Crippen molar-refractivity contribution in [1.29, 1.82) is 0 Å². The van der Waals surface area contributed by atoms with Crippen LogP contribution in [-0.4, -0.2) is 20.8 Å². The second-order valence-electron chi connectivity index (χ2n) is 4.68. The van der Waals surface area contributed by atoms with Crippen LogP contribution in [-0.2, 0) is 20.0 Å². The van der Waals surface area contributed by atoms with E-state index in [2.05, 4.69) is 22.3 Å². The summed E-state index contributed by atoms with van der Waals surface area (Å²) in [4.78, 5) is 4.55. The average Bonchev–Trinajstić information content (AvgIpc) is 2.86. The van der Waals surface area contributed by atoms with Crippen molar-refractivity contribution in [3.05, 3.63) is 11.6 Å². The van der Waals surface area contributed by atoms with Crippen LogP contribution >= 0.6 is 0 Å². The lowest BCUT2D eigenvalue weighted by Crippen LogP contribution is -2.26. The topological polar surface area (TPSA) is 42.7 Å². The molecule has 4 nitrogen and oxygen atoms in total. The monoisotopic (exact) mass is 222 g/mol. The first-order valence-corrected chi connectivity index (χ1v) is 6.41.